The Labute approximate surface area is 137 Å². The molecular formula is C18H26O3S. The summed E-state index contributed by atoms with van der Waals surface area (Å²) in [5.74, 6) is 1.30. The third kappa shape index (κ3) is 2.26. The highest BCUT2D eigenvalue weighted by atomic mass is 32.2. The summed E-state index contributed by atoms with van der Waals surface area (Å²) in [5.41, 5.74) is 0.0109. The molecule has 1 saturated heterocycles. The van der Waals surface area contributed by atoms with Gasteiger partial charge in [0.1, 0.15) is 6.10 Å². The number of hydrogen-bond acceptors (Lipinski definition) is 4. The first-order chi connectivity index (χ1) is 10.4. The molecule has 122 valence electrons. The average molecular weight is 322 g/mol. The molecule has 0 bridgehead atoms. The lowest BCUT2D eigenvalue weighted by Crippen LogP contribution is -2.54. The van der Waals surface area contributed by atoms with Crippen LogP contribution in [0.15, 0.2) is 11.0 Å². The minimum Gasteiger partial charge on any atom is -0.461 e. The van der Waals surface area contributed by atoms with Gasteiger partial charge in [0.05, 0.1) is 5.41 Å². The molecule has 1 heterocycles. The van der Waals surface area contributed by atoms with Crippen molar-refractivity contribution in [3.8, 4) is 0 Å². The van der Waals surface area contributed by atoms with Crippen molar-refractivity contribution in [1.29, 1.82) is 0 Å². The minimum atomic E-state index is -0.450. The largest absolute Gasteiger partial charge is 0.461 e. The molecule has 4 heteroatoms. The van der Waals surface area contributed by atoms with Crippen molar-refractivity contribution in [3.05, 3.63) is 11.0 Å². The van der Waals surface area contributed by atoms with E-state index in [1.807, 2.05) is 12.3 Å². The van der Waals surface area contributed by atoms with Crippen molar-refractivity contribution in [2.45, 2.75) is 65.4 Å². The summed E-state index contributed by atoms with van der Waals surface area (Å²) in [6.45, 7) is 6.25. The zero-order valence-electron chi connectivity index (χ0n) is 13.8. The molecule has 4 atom stereocenters. The molecule has 22 heavy (non-hydrogen) atoms. The minimum absolute atomic E-state index is 0.0616. The SMILES string of the molecule is CCCCS/C=C1/C[C@@H]2OC(=O)[C@@]3(C)CCC[C@](C)(C1=O)[C@@H]23. The summed E-state index contributed by atoms with van der Waals surface area (Å²) < 4.78 is 5.71. The fourth-order valence-electron chi connectivity index (χ4n) is 4.81. The Balaban J connectivity index is 1.88. The van der Waals surface area contributed by atoms with E-state index in [0.29, 0.717) is 6.42 Å². The molecule has 3 rings (SSSR count). The van der Waals surface area contributed by atoms with E-state index in [1.54, 1.807) is 11.8 Å². The van der Waals surface area contributed by atoms with Crippen LogP contribution in [0.5, 0.6) is 0 Å². The standard InChI is InChI=1S/C18H26O3S/c1-4-5-9-22-11-12-10-13-14-17(2,15(12)19)7-6-8-18(14,3)16(20)21-13/h11,13-14H,4-10H2,1-3H3/b12-11-/t13-,14+,17-,18-/m0/s1. The molecule has 3 fully saturated rings. The summed E-state index contributed by atoms with van der Waals surface area (Å²) in [6, 6.07) is 0. The van der Waals surface area contributed by atoms with Crippen molar-refractivity contribution >= 4 is 23.5 Å². The number of ketones is 1. The van der Waals surface area contributed by atoms with Gasteiger partial charge in [-0.3, -0.25) is 9.59 Å². The number of carbonyl (C=O) groups is 2. The monoisotopic (exact) mass is 322 g/mol. The Bertz CT molecular complexity index is 526. The van der Waals surface area contributed by atoms with Crippen LogP contribution in [0.2, 0.25) is 0 Å². The number of thioether (sulfide) groups is 1. The van der Waals surface area contributed by atoms with Gasteiger partial charge >= 0.3 is 5.97 Å². The first-order valence-corrected chi connectivity index (χ1v) is 9.55. The lowest BCUT2D eigenvalue weighted by Gasteiger charge is -2.49. The van der Waals surface area contributed by atoms with Gasteiger partial charge in [-0.05, 0) is 37.3 Å². The Morgan fingerprint density at radius 3 is 2.73 bits per heavy atom. The molecule has 0 amide bonds. The number of Topliss-reactive ketones (excluding diaryl/α,β-unsaturated/α-hetero) is 1. The van der Waals surface area contributed by atoms with Crippen molar-refractivity contribution in [2.75, 3.05) is 5.75 Å². The summed E-state index contributed by atoms with van der Waals surface area (Å²) in [6.07, 6.45) is 5.53. The number of ether oxygens (including phenoxy) is 1. The van der Waals surface area contributed by atoms with Crippen molar-refractivity contribution in [2.24, 2.45) is 16.7 Å². The number of esters is 1. The third-order valence-electron chi connectivity index (χ3n) is 5.93. The van der Waals surface area contributed by atoms with Gasteiger partial charge in [-0.2, -0.15) is 0 Å². The third-order valence-corrected chi connectivity index (χ3v) is 6.91. The van der Waals surface area contributed by atoms with E-state index in [1.165, 1.54) is 12.8 Å². The summed E-state index contributed by atoms with van der Waals surface area (Å²) >= 11 is 1.73. The van der Waals surface area contributed by atoms with E-state index in [-0.39, 0.29) is 23.8 Å². The average Bonchev–Trinajstić information content (AvgIpc) is 2.73. The van der Waals surface area contributed by atoms with E-state index >= 15 is 0 Å². The van der Waals surface area contributed by atoms with E-state index in [0.717, 1.165) is 30.6 Å². The molecule has 0 aromatic carbocycles. The van der Waals surface area contributed by atoms with Crippen LogP contribution in [0.3, 0.4) is 0 Å². The lowest BCUT2D eigenvalue weighted by atomic mass is 9.50. The highest BCUT2D eigenvalue weighted by Crippen LogP contribution is 2.61. The first-order valence-electron chi connectivity index (χ1n) is 8.50. The molecule has 0 radical (unpaired) electrons. The molecule has 2 aliphatic carbocycles. The van der Waals surface area contributed by atoms with Crippen molar-refractivity contribution in [1.82, 2.24) is 0 Å². The molecule has 3 aliphatic rings. The van der Waals surface area contributed by atoms with Crippen LogP contribution < -0.4 is 0 Å². The number of unbranched alkanes of at least 4 members (excludes halogenated alkanes) is 1. The smallest absolute Gasteiger partial charge is 0.312 e. The van der Waals surface area contributed by atoms with Crippen LogP contribution in [0.4, 0.5) is 0 Å². The van der Waals surface area contributed by atoms with Crippen LogP contribution in [0, 0.1) is 16.7 Å². The Kier molecular flexibility index (Phi) is 4.17. The molecule has 1 aliphatic heterocycles. The van der Waals surface area contributed by atoms with Crippen molar-refractivity contribution in [3.63, 3.8) is 0 Å². The van der Waals surface area contributed by atoms with Crippen molar-refractivity contribution < 1.29 is 14.3 Å². The quantitative estimate of drug-likeness (QED) is 0.444. The van der Waals surface area contributed by atoms with Crippen LogP contribution in [-0.4, -0.2) is 23.6 Å². The van der Waals surface area contributed by atoms with Crippen LogP contribution >= 0.6 is 11.8 Å². The zero-order chi connectivity index (χ0) is 16.0. The normalized spacial score (nSPS) is 42.4. The van der Waals surface area contributed by atoms with Gasteiger partial charge in [0.25, 0.3) is 0 Å². The molecular weight excluding hydrogens is 296 g/mol. The van der Waals surface area contributed by atoms with E-state index < -0.39 is 10.8 Å². The second-order valence-corrected chi connectivity index (χ2v) is 8.49. The molecule has 0 unspecified atom stereocenters. The summed E-state index contributed by atoms with van der Waals surface area (Å²) in [4.78, 5) is 25.4. The molecule has 0 aromatic rings. The molecule has 0 N–H and O–H groups in total. The van der Waals surface area contributed by atoms with Crippen LogP contribution in [0.1, 0.15) is 59.3 Å². The Morgan fingerprint density at radius 2 is 2.00 bits per heavy atom. The van der Waals surface area contributed by atoms with Gasteiger partial charge in [0.2, 0.25) is 0 Å². The molecule has 0 spiro atoms. The predicted octanol–water partition coefficient (Wildman–Crippen LogP) is 4.11. The van der Waals surface area contributed by atoms with Gasteiger partial charge < -0.3 is 4.74 Å². The number of carbonyl (C=O) groups excluding carboxylic acids is 2. The fraction of sp³-hybridized carbons (Fsp3) is 0.778. The topological polar surface area (TPSA) is 43.4 Å². The highest BCUT2D eigenvalue weighted by Gasteiger charge is 2.66. The molecule has 2 saturated carbocycles. The Morgan fingerprint density at radius 1 is 1.27 bits per heavy atom. The van der Waals surface area contributed by atoms with E-state index in [2.05, 4.69) is 13.8 Å². The number of rotatable bonds is 4. The van der Waals surface area contributed by atoms with Gasteiger partial charge in [-0.25, -0.2) is 0 Å². The molecule has 3 nitrogen and oxygen atoms in total. The first kappa shape index (κ1) is 16.1. The van der Waals surface area contributed by atoms with Gasteiger partial charge in [-0.15, -0.1) is 11.8 Å². The predicted molar refractivity (Wildman–Crippen MR) is 88.5 cm³/mol. The number of hydrogen-bond donors (Lipinski definition) is 0. The fourth-order valence-corrected chi connectivity index (χ4v) is 5.78. The van der Waals surface area contributed by atoms with E-state index in [9.17, 15) is 9.59 Å². The van der Waals surface area contributed by atoms with Gasteiger partial charge in [0, 0.05) is 23.3 Å². The summed E-state index contributed by atoms with van der Waals surface area (Å²) in [5, 5.41) is 2.04. The van der Waals surface area contributed by atoms with Crippen LogP contribution in [-0.2, 0) is 14.3 Å². The highest BCUT2D eigenvalue weighted by molar-refractivity contribution is 8.02. The molecule has 0 aromatic heterocycles. The van der Waals surface area contributed by atoms with E-state index in [4.69, 9.17) is 4.74 Å². The zero-order valence-corrected chi connectivity index (χ0v) is 14.6. The second kappa shape index (κ2) is 5.70. The maximum Gasteiger partial charge on any atom is 0.312 e. The van der Waals surface area contributed by atoms with Gasteiger partial charge in [0.15, 0.2) is 5.78 Å². The lowest BCUT2D eigenvalue weighted by molar-refractivity contribution is -0.148. The Hall–Kier alpha value is -0.770. The van der Waals surface area contributed by atoms with Crippen LogP contribution in [0.25, 0.3) is 0 Å². The second-order valence-electron chi connectivity index (χ2n) is 7.51. The summed E-state index contributed by atoms with van der Waals surface area (Å²) in [7, 11) is 0. The maximum absolute atomic E-state index is 13.1. The van der Waals surface area contributed by atoms with Gasteiger partial charge in [-0.1, -0.05) is 26.7 Å². The maximum atomic E-state index is 13.1.